The van der Waals surface area contributed by atoms with E-state index in [1.807, 2.05) is 0 Å². The molecule has 1 saturated carbocycles. The van der Waals surface area contributed by atoms with Crippen molar-refractivity contribution in [1.82, 2.24) is 0 Å². The molecule has 1 aliphatic carbocycles. The van der Waals surface area contributed by atoms with Gasteiger partial charge in [-0.2, -0.15) is 0 Å². The van der Waals surface area contributed by atoms with Crippen LogP contribution in [-0.4, -0.2) is 17.3 Å². The van der Waals surface area contributed by atoms with Gasteiger partial charge < -0.3 is 9.84 Å². The van der Waals surface area contributed by atoms with Gasteiger partial charge in [0.15, 0.2) is 0 Å². The van der Waals surface area contributed by atoms with Crippen molar-refractivity contribution in [1.29, 1.82) is 0 Å². The van der Waals surface area contributed by atoms with Crippen LogP contribution >= 0.6 is 0 Å². The van der Waals surface area contributed by atoms with E-state index >= 15 is 0 Å². The van der Waals surface area contributed by atoms with Crippen LogP contribution in [0.4, 0.5) is 4.39 Å². The summed E-state index contributed by atoms with van der Waals surface area (Å²) in [6, 6.07) is 4.67. The third-order valence-electron chi connectivity index (χ3n) is 3.42. The Kier molecular flexibility index (Phi) is 3.67. The maximum atomic E-state index is 13.1. The smallest absolute Gasteiger partial charge is 0.126 e. The quantitative estimate of drug-likeness (QED) is 0.876. The molecule has 0 unspecified atom stereocenters. The molecular weight excluding hydrogens is 219 g/mol. The van der Waals surface area contributed by atoms with Crippen LogP contribution in [-0.2, 0) is 0 Å². The Bertz CT molecular complexity index is 384. The average molecular weight is 238 g/mol. The van der Waals surface area contributed by atoms with E-state index in [1.54, 1.807) is 19.1 Å². The molecule has 0 amide bonds. The zero-order valence-corrected chi connectivity index (χ0v) is 10.2. The molecule has 0 saturated heterocycles. The number of halogens is 1. The maximum Gasteiger partial charge on any atom is 0.126 e. The average Bonchev–Trinajstić information content (AvgIpc) is 2.32. The van der Waals surface area contributed by atoms with Gasteiger partial charge in [0.25, 0.3) is 0 Å². The lowest BCUT2D eigenvalue weighted by Crippen LogP contribution is -2.37. The molecule has 0 heterocycles. The molecule has 0 aliphatic heterocycles. The van der Waals surface area contributed by atoms with Crippen molar-refractivity contribution in [3.05, 3.63) is 29.6 Å². The second-order valence-corrected chi connectivity index (χ2v) is 4.98. The van der Waals surface area contributed by atoms with Crippen LogP contribution < -0.4 is 4.74 Å². The summed E-state index contributed by atoms with van der Waals surface area (Å²) in [4.78, 5) is 0. The largest absolute Gasteiger partial charge is 0.491 e. The molecule has 1 aromatic rings. The SMILES string of the molecule is Cc1cc(OCC2(O)CCCCC2)ccc1F. The minimum absolute atomic E-state index is 0.228. The summed E-state index contributed by atoms with van der Waals surface area (Å²) < 4.78 is 18.6. The number of hydrogen-bond donors (Lipinski definition) is 1. The molecule has 2 rings (SSSR count). The van der Waals surface area contributed by atoms with Crippen molar-refractivity contribution in [3.63, 3.8) is 0 Å². The second kappa shape index (κ2) is 5.05. The molecule has 94 valence electrons. The van der Waals surface area contributed by atoms with Gasteiger partial charge in [-0.15, -0.1) is 0 Å². The van der Waals surface area contributed by atoms with Gasteiger partial charge in [-0.25, -0.2) is 4.39 Å². The van der Waals surface area contributed by atoms with Crippen molar-refractivity contribution >= 4 is 0 Å². The summed E-state index contributed by atoms with van der Waals surface area (Å²) in [5.74, 6) is 0.400. The van der Waals surface area contributed by atoms with Crippen molar-refractivity contribution in [3.8, 4) is 5.75 Å². The molecule has 0 atom stereocenters. The molecule has 3 heteroatoms. The highest BCUT2D eigenvalue weighted by molar-refractivity contribution is 5.28. The fourth-order valence-corrected chi connectivity index (χ4v) is 2.28. The molecule has 1 aromatic carbocycles. The highest BCUT2D eigenvalue weighted by atomic mass is 19.1. The Morgan fingerprint density at radius 3 is 2.65 bits per heavy atom. The van der Waals surface area contributed by atoms with Crippen molar-refractivity contribution in [2.45, 2.75) is 44.6 Å². The summed E-state index contributed by atoms with van der Waals surface area (Å²) in [5, 5.41) is 10.3. The monoisotopic (exact) mass is 238 g/mol. The van der Waals surface area contributed by atoms with Crippen LogP contribution in [0.25, 0.3) is 0 Å². The molecule has 0 spiro atoms. The Morgan fingerprint density at radius 2 is 2.00 bits per heavy atom. The third-order valence-corrected chi connectivity index (χ3v) is 3.42. The van der Waals surface area contributed by atoms with Crippen molar-refractivity contribution in [2.75, 3.05) is 6.61 Å². The van der Waals surface area contributed by atoms with E-state index in [2.05, 4.69) is 0 Å². The minimum Gasteiger partial charge on any atom is -0.491 e. The van der Waals surface area contributed by atoms with Gasteiger partial charge in [0.05, 0.1) is 5.60 Å². The zero-order chi connectivity index (χ0) is 12.3. The van der Waals surface area contributed by atoms with Crippen LogP contribution in [0.3, 0.4) is 0 Å². The molecule has 0 bridgehead atoms. The van der Waals surface area contributed by atoms with Crippen LogP contribution in [0.1, 0.15) is 37.7 Å². The van der Waals surface area contributed by atoms with E-state index in [9.17, 15) is 9.50 Å². The summed E-state index contributed by atoms with van der Waals surface area (Å²) in [6.07, 6.45) is 4.91. The van der Waals surface area contributed by atoms with E-state index in [-0.39, 0.29) is 5.82 Å². The van der Waals surface area contributed by atoms with Crippen LogP contribution in [0.5, 0.6) is 5.75 Å². The van der Waals surface area contributed by atoms with Gasteiger partial charge in [0, 0.05) is 0 Å². The lowest BCUT2D eigenvalue weighted by atomic mass is 9.85. The topological polar surface area (TPSA) is 29.5 Å². The summed E-state index contributed by atoms with van der Waals surface area (Å²) >= 11 is 0. The predicted octanol–water partition coefficient (Wildman–Crippen LogP) is 3.21. The molecular formula is C14H19FO2. The van der Waals surface area contributed by atoms with E-state index in [4.69, 9.17) is 4.74 Å². The fraction of sp³-hybridized carbons (Fsp3) is 0.571. The Balaban J connectivity index is 1.94. The highest BCUT2D eigenvalue weighted by Crippen LogP contribution is 2.29. The first kappa shape index (κ1) is 12.4. The first-order valence-electron chi connectivity index (χ1n) is 6.20. The molecule has 1 fully saturated rings. The van der Waals surface area contributed by atoms with E-state index in [1.165, 1.54) is 12.5 Å². The third kappa shape index (κ3) is 3.19. The number of benzene rings is 1. The molecule has 1 N–H and O–H groups in total. The fourth-order valence-electron chi connectivity index (χ4n) is 2.28. The Morgan fingerprint density at radius 1 is 1.29 bits per heavy atom. The zero-order valence-electron chi connectivity index (χ0n) is 10.2. The van der Waals surface area contributed by atoms with Crippen LogP contribution in [0, 0.1) is 12.7 Å². The number of hydrogen-bond acceptors (Lipinski definition) is 2. The van der Waals surface area contributed by atoms with Gasteiger partial charge >= 0.3 is 0 Å². The summed E-state index contributed by atoms with van der Waals surface area (Å²) in [7, 11) is 0. The van der Waals surface area contributed by atoms with Gasteiger partial charge in [0.1, 0.15) is 18.2 Å². The van der Waals surface area contributed by atoms with E-state index < -0.39 is 5.60 Å². The predicted molar refractivity (Wildman–Crippen MR) is 64.7 cm³/mol. The molecule has 0 radical (unpaired) electrons. The standard InChI is InChI=1S/C14H19FO2/c1-11-9-12(5-6-13(11)15)17-10-14(16)7-3-2-4-8-14/h5-6,9,16H,2-4,7-8,10H2,1H3. The number of ether oxygens (including phenoxy) is 1. The normalized spacial score (nSPS) is 19.0. The summed E-state index contributed by atoms with van der Waals surface area (Å²) in [6.45, 7) is 2.01. The first-order valence-corrected chi connectivity index (χ1v) is 6.20. The van der Waals surface area contributed by atoms with E-state index in [0.717, 1.165) is 25.7 Å². The maximum absolute atomic E-state index is 13.1. The lowest BCUT2D eigenvalue weighted by Gasteiger charge is -2.31. The van der Waals surface area contributed by atoms with Crippen LogP contribution in [0.2, 0.25) is 0 Å². The first-order chi connectivity index (χ1) is 8.09. The van der Waals surface area contributed by atoms with Gasteiger partial charge in [-0.3, -0.25) is 0 Å². The molecule has 0 aromatic heterocycles. The highest BCUT2D eigenvalue weighted by Gasteiger charge is 2.29. The van der Waals surface area contributed by atoms with Crippen LogP contribution in [0.15, 0.2) is 18.2 Å². The van der Waals surface area contributed by atoms with Gasteiger partial charge in [-0.1, -0.05) is 19.3 Å². The van der Waals surface area contributed by atoms with E-state index in [0.29, 0.717) is 17.9 Å². The number of rotatable bonds is 3. The van der Waals surface area contributed by atoms with Gasteiger partial charge in [-0.05, 0) is 43.5 Å². The second-order valence-electron chi connectivity index (χ2n) is 4.98. The summed E-state index contributed by atoms with van der Waals surface area (Å²) in [5.41, 5.74) is -0.126. The minimum atomic E-state index is -0.694. The van der Waals surface area contributed by atoms with Gasteiger partial charge in [0.2, 0.25) is 0 Å². The molecule has 17 heavy (non-hydrogen) atoms. The van der Waals surface area contributed by atoms with Crippen molar-refractivity contribution < 1.29 is 14.2 Å². The molecule has 2 nitrogen and oxygen atoms in total. The number of aliphatic hydroxyl groups is 1. The van der Waals surface area contributed by atoms with Crippen molar-refractivity contribution in [2.24, 2.45) is 0 Å². The number of aryl methyl sites for hydroxylation is 1. The molecule has 1 aliphatic rings. The Labute approximate surface area is 101 Å². The Hall–Kier alpha value is -1.09. The lowest BCUT2D eigenvalue weighted by molar-refractivity contribution is -0.0339.